The fraction of sp³-hybridized carbons (Fsp3) is 0.105. The second-order valence-electron chi connectivity index (χ2n) is 4.86. The van der Waals surface area contributed by atoms with E-state index in [0.29, 0.717) is 0 Å². The van der Waals surface area contributed by atoms with Gasteiger partial charge in [0.2, 0.25) is 0 Å². The Morgan fingerprint density at radius 2 is 1.70 bits per heavy atom. The molecule has 0 bridgehead atoms. The van der Waals surface area contributed by atoms with Crippen LogP contribution in [-0.4, -0.2) is 4.57 Å². The summed E-state index contributed by atoms with van der Waals surface area (Å²) in [4.78, 5) is 0. The monoisotopic (exact) mass is 377 g/mol. The average Bonchev–Trinajstić information content (AvgIpc) is 3.19. The molecule has 1 aromatic heterocycles. The van der Waals surface area contributed by atoms with E-state index in [0.717, 1.165) is 6.42 Å². The Morgan fingerprint density at radius 3 is 2.26 bits per heavy atom. The maximum absolute atomic E-state index is 3.12. The number of allylic oxidation sites excluding steroid dienone is 4. The fourth-order valence-corrected chi connectivity index (χ4v) is 2.37. The molecule has 116 valence electrons. The Morgan fingerprint density at radius 1 is 1.00 bits per heavy atom. The fourth-order valence-electron chi connectivity index (χ4n) is 2.37. The van der Waals surface area contributed by atoms with Crippen molar-refractivity contribution >= 4 is 10.8 Å². The number of rotatable bonds is 1. The van der Waals surface area contributed by atoms with E-state index in [4.69, 9.17) is 0 Å². The molecule has 0 amide bonds. The van der Waals surface area contributed by atoms with E-state index in [2.05, 4.69) is 78.5 Å². The standard InChI is InChI=1S/C13H10N.C6H7.2ClH.Ti/c1-2-6-12-11(5-1)7-8-13(12)14-9-3-4-10-14;1-6-4-2-3-5-6;;;/h1-10H;2,4H,3H2,1H3;2*1H;/q2*-1;;;+4/p-2. The normalized spacial score (nSPS) is 11.4. The van der Waals surface area contributed by atoms with E-state index in [9.17, 15) is 0 Å². The molecule has 23 heavy (non-hydrogen) atoms. The molecule has 0 saturated heterocycles. The van der Waals surface area contributed by atoms with Gasteiger partial charge in [-0.2, -0.15) is 6.08 Å². The van der Waals surface area contributed by atoms with E-state index in [-0.39, 0.29) is 46.5 Å². The first kappa shape index (κ1) is 21.9. The first-order valence-electron chi connectivity index (χ1n) is 6.86. The predicted molar refractivity (Wildman–Crippen MR) is 85.1 cm³/mol. The molecule has 4 heteroatoms. The van der Waals surface area contributed by atoms with Crippen LogP contribution in [-0.2, 0) is 21.7 Å². The third-order valence-electron chi connectivity index (χ3n) is 3.41. The van der Waals surface area contributed by atoms with Crippen molar-refractivity contribution in [3.63, 3.8) is 0 Å². The van der Waals surface area contributed by atoms with Gasteiger partial charge >= 0.3 is 21.7 Å². The van der Waals surface area contributed by atoms with Crippen molar-refractivity contribution < 1.29 is 46.5 Å². The molecule has 3 aromatic rings. The van der Waals surface area contributed by atoms with Crippen molar-refractivity contribution in [3.8, 4) is 5.69 Å². The second-order valence-corrected chi connectivity index (χ2v) is 4.86. The molecule has 2 aromatic carbocycles. The number of hydrogen-bond donors (Lipinski definition) is 0. The van der Waals surface area contributed by atoms with E-state index in [1.807, 2.05) is 12.1 Å². The first-order valence-corrected chi connectivity index (χ1v) is 6.86. The van der Waals surface area contributed by atoms with Crippen LogP contribution in [0.2, 0.25) is 0 Å². The van der Waals surface area contributed by atoms with Gasteiger partial charge in [0.1, 0.15) is 0 Å². The van der Waals surface area contributed by atoms with Gasteiger partial charge in [0, 0.05) is 0 Å². The molecule has 0 spiro atoms. The summed E-state index contributed by atoms with van der Waals surface area (Å²) < 4.78 is 2.14. The molecule has 1 nitrogen and oxygen atoms in total. The van der Waals surface area contributed by atoms with Crippen molar-refractivity contribution in [2.24, 2.45) is 0 Å². The van der Waals surface area contributed by atoms with E-state index >= 15 is 0 Å². The zero-order valence-electron chi connectivity index (χ0n) is 12.8. The predicted octanol–water partition coefficient (Wildman–Crippen LogP) is -0.949. The van der Waals surface area contributed by atoms with Crippen LogP contribution in [0, 0.1) is 6.08 Å². The van der Waals surface area contributed by atoms with Gasteiger partial charge in [-0.3, -0.25) is 6.08 Å². The van der Waals surface area contributed by atoms with Crippen LogP contribution < -0.4 is 24.8 Å². The van der Waals surface area contributed by atoms with Gasteiger partial charge in [-0.15, -0.1) is 18.6 Å². The second kappa shape index (κ2) is 10.6. The third kappa shape index (κ3) is 5.47. The molecule has 0 unspecified atom stereocenters. The molecule has 0 atom stereocenters. The Bertz CT molecular complexity index is 752. The van der Waals surface area contributed by atoms with Crippen LogP contribution in [0.4, 0.5) is 0 Å². The van der Waals surface area contributed by atoms with E-state index < -0.39 is 0 Å². The maximum Gasteiger partial charge on any atom is 4.00 e. The van der Waals surface area contributed by atoms with E-state index in [1.165, 1.54) is 22.0 Å². The summed E-state index contributed by atoms with van der Waals surface area (Å²) in [5, 5.41) is 2.61. The topological polar surface area (TPSA) is 4.93 Å². The molecule has 1 aliphatic carbocycles. The van der Waals surface area contributed by atoms with Crippen LogP contribution >= 0.6 is 0 Å². The van der Waals surface area contributed by atoms with Crippen molar-refractivity contribution in [2.45, 2.75) is 13.3 Å². The number of nitrogens with zero attached hydrogens (tertiary/aromatic N) is 1. The van der Waals surface area contributed by atoms with Gasteiger partial charge in [-0.1, -0.05) is 54.1 Å². The Kier molecular flexibility index (Phi) is 10.1. The summed E-state index contributed by atoms with van der Waals surface area (Å²) in [5.41, 5.74) is 2.53. The number of hydrogen-bond acceptors (Lipinski definition) is 0. The zero-order valence-corrected chi connectivity index (χ0v) is 15.9. The van der Waals surface area contributed by atoms with Gasteiger partial charge in [0.25, 0.3) is 0 Å². The molecule has 0 fully saturated rings. The van der Waals surface area contributed by atoms with Crippen LogP contribution in [0.15, 0.2) is 78.6 Å². The van der Waals surface area contributed by atoms with Gasteiger partial charge < -0.3 is 29.4 Å². The van der Waals surface area contributed by atoms with Crippen LogP contribution in [0.3, 0.4) is 0 Å². The summed E-state index contributed by atoms with van der Waals surface area (Å²) >= 11 is 0. The minimum Gasteiger partial charge on any atom is -1.00 e. The molecular formula is C19H17Cl2NTi. The minimum absolute atomic E-state index is 0. The number of benzene rings is 1. The van der Waals surface area contributed by atoms with Crippen LogP contribution in [0.1, 0.15) is 13.3 Å². The molecule has 0 aliphatic heterocycles. The average molecular weight is 378 g/mol. The van der Waals surface area contributed by atoms with Crippen molar-refractivity contribution in [2.75, 3.05) is 0 Å². The van der Waals surface area contributed by atoms with Crippen LogP contribution in [0.25, 0.3) is 16.5 Å². The number of aromatic nitrogens is 1. The SMILES string of the molecule is CC1=[C-]CC=C1.[Cl-].[Cl-].[Ti+4].c1ccc2c(c1)cc[c-]2-n1cccc1. The molecule has 0 radical (unpaired) electrons. The minimum atomic E-state index is 0. The summed E-state index contributed by atoms with van der Waals surface area (Å²) in [5.74, 6) is 0. The molecular weight excluding hydrogens is 361 g/mol. The van der Waals surface area contributed by atoms with Crippen molar-refractivity contribution in [1.82, 2.24) is 4.57 Å². The van der Waals surface area contributed by atoms with Crippen LogP contribution in [0.5, 0.6) is 0 Å². The number of halogens is 2. The van der Waals surface area contributed by atoms with Gasteiger partial charge in [-0.25, -0.2) is 11.6 Å². The molecule has 4 rings (SSSR count). The number of fused-ring (bicyclic) bond motifs is 1. The largest absolute Gasteiger partial charge is 4.00 e. The summed E-state index contributed by atoms with van der Waals surface area (Å²) in [6.45, 7) is 2.06. The van der Waals surface area contributed by atoms with Gasteiger partial charge in [-0.05, 0) is 18.1 Å². The van der Waals surface area contributed by atoms with Crippen molar-refractivity contribution in [3.05, 3.63) is 84.7 Å². The molecule has 0 saturated carbocycles. The van der Waals surface area contributed by atoms with E-state index in [1.54, 1.807) is 0 Å². The molecule has 1 heterocycles. The smallest absolute Gasteiger partial charge is 1.00 e. The Labute approximate surface area is 165 Å². The summed E-state index contributed by atoms with van der Waals surface area (Å²) in [6.07, 6.45) is 12.5. The van der Waals surface area contributed by atoms with Gasteiger partial charge in [0.15, 0.2) is 0 Å². The summed E-state index contributed by atoms with van der Waals surface area (Å²) in [7, 11) is 0. The molecule has 0 N–H and O–H groups in total. The molecule has 1 aliphatic rings. The maximum atomic E-state index is 3.12. The zero-order chi connectivity index (χ0) is 13.8. The Hall–Kier alpha value is -1.12. The first-order chi connectivity index (χ1) is 9.84. The summed E-state index contributed by atoms with van der Waals surface area (Å²) in [6, 6.07) is 16.9. The third-order valence-corrected chi connectivity index (χ3v) is 3.41. The van der Waals surface area contributed by atoms with Crippen molar-refractivity contribution in [1.29, 1.82) is 0 Å². The Balaban J connectivity index is 0.000000469. The van der Waals surface area contributed by atoms with Gasteiger partial charge in [0.05, 0.1) is 0 Å². The quantitative estimate of drug-likeness (QED) is 0.380.